The first-order valence-electron chi connectivity index (χ1n) is 8.30. The average Bonchev–Trinajstić information content (AvgIpc) is 2.80. The molecule has 14 heteroatoms. The quantitative estimate of drug-likeness (QED) is 0.221. The van der Waals surface area contributed by atoms with Crippen LogP contribution in [0.25, 0.3) is 0 Å². The number of piperidine rings is 1. The number of hydrogen-bond acceptors (Lipinski definition) is 7. The molecule has 0 saturated carbocycles. The molecule has 0 aromatic carbocycles. The Morgan fingerprint density at radius 1 is 1.37 bits per heavy atom. The Kier molecular flexibility index (Phi) is 6.80. The normalized spacial score (nSPS) is 23.3. The van der Waals surface area contributed by atoms with Crippen molar-refractivity contribution in [1.82, 2.24) is 20.8 Å². The van der Waals surface area contributed by atoms with Crippen LogP contribution in [0.2, 0.25) is 0 Å². The van der Waals surface area contributed by atoms with Crippen LogP contribution in [-0.2, 0) is 24.3 Å². The molecular weight excluding hydrogens is 388 g/mol. The van der Waals surface area contributed by atoms with Crippen LogP contribution in [-0.4, -0.2) is 77.3 Å². The predicted molar refractivity (Wildman–Crippen MR) is 87.3 cm³/mol. The van der Waals surface area contributed by atoms with Crippen LogP contribution < -0.4 is 10.8 Å². The van der Waals surface area contributed by atoms with Gasteiger partial charge in [-0.25, -0.2) is 15.1 Å². The Labute approximate surface area is 155 Å². The second-order valence-electron chi connectivity index (χ2n) is 6.17. The first kappa shape index (κ1) is 21.1. The topological polar surface area (TPSA) is 175 Å². The van der Waals surface area contributed by atoms with Gasteiger partial charge in [0, 0.05) is 12.6 Å². The summed E-state index contributed by atoms with van der Waals surface area (Å²) in [7, 11) is -4.85. The molecule has 0 aromatic rings. The number of carboxylic acid groups (broad SMARTS) is 1. The number of amides is 4. The Morgan fingerprint density at radius 2 is 2.07 bits per heavy atom. The van der Waals surface area contributed by atoms with Crippen molar-refractivity contribution in [3.63, 3.8) is 0 Å². The van der Waals surface area contributed by atoms with Gasteiger partial charge in [0.25, 0.3) is 5.91 Å². The number of rotatable bonds is 9. The van der Waals surface area contributed by atoms with Gasteiger partial charge in [0.05, 0.1) is 12.6 Å². The molecule has 1 unspecified atom stereocenters. The third kappa shape index (κ3) is 5.66. The Morgan fingerprint density at radius 3 is 2.67 bits per heavy atom. The summed E-state index contributed by atoms with van der Waals surface area (Å²) >= 11 is 0. The fourth-order valence-electron chi connectivity index (χ4n) is 3.05. The molecule has 13 nitrogen and oxygen atoms in total. The lowest BCUT2D eigenvalue weighted by Crippen LogP contribution is -2.49. The van der Waals surface area contributed by atoms with E-state index in [9.17, 15) is 22.8 Å². The third-order valence-corrected chi connectivity index (χ3v) is 4.71. The van der Waals surface area contributed by atoms with E-state index in [1.165, 1.54) is 0 Å². The molecular formula is C13H22N4O9S. The zero-order valence-corrected chi connectivity index (χ0v) is 15.3. The van der Waals surface area contributed by atoms with Gasteiger partial charge in [-0.3, -0.25) is 14.2 Å². The number of nitrogens with one attached hydrogen (secondary N) is 2. The number of fused-ring (bicyclic) bond motifs is 2. The van der Waals surface area contributed by atoms with Gasteiger partial charge in [0.15, 0.2) is 0 Å². The molecule has 27 heavy (non-hydrogen) atoms. The highest BCUT2D eigenvalue weighted by Crippen LogP contribution is 2.30. The minimum Gasteiger partial charge on any atom is -0.465 e. The van der Waals surface area contributed by atoms with Crippen LogP contribution in [0.1, 0.15) is 32.6 Å². The number of carbonyl (C=O) groups is 3. The second kappa shape index (κ2) is 8.69. The fourth-order valence-corrected chi connectivity index (χ4v) is 3.44. The van der Waals surface area contributed by atoms with Crippen LogP contribution in [0.15, 0.2) is 0 Å². The maximum Gasteiger partial charge on any atom is 0.418 e. The molecule has 0 radical (unpaired) electrons. The largest absolute Gasteiger partial charge is 0.465 e. The molecule has 2 rings (SSSR count). The van der Waals surface area contributed by atoms with Gasteiger partial charge >= 0.3 is 22.5 Å². The van der Waals surface area contributed by atoms with E-state index in [4.69, 9.17) is 14.5 Å². The summed E-state index contributed by atoms with van der Waals surface area (Å²) in [5, 5.41) is 11.5. The van der Waals surface area contributed by atoms with Crippen LogP contribution >= 0.6 is 0 Å². The van der Waals surface area contributed by atoms with E-state index in [0.29, 0.717) is 24.3 Å². The smallest absolute Gasteiger partial charge is 0.418 e. The van der Waals surface area contributed by atoms with Gasteiger partial charge in [-0.05, 0) is 25.7 Å². The lowest BCUT2D eigenvalue weighted by Gasteiger charge is -2.29. The first-order chi connectivity index (χ1) is 12.6. The SMILES string of the molecule is CCC(CCONC(=O)[C@@H]1CC[C@@H]2CN1C(=O)N2OS(=O)(=O)O)NC(=O)O. The fraction of sp³-hybridized carbons (Fsp3) is 0.769. The molecule has 4 amide bonds. The molecule has 2 saturated heterocycles. The van der Waals surface area contributed by atoms with Gasteiger partial charge in [0.1, 0.15) is 6.04 Å². The molecule has 2 fully saturated rings. The second-order valence-corrected chi connectivity index (χ2v) is 7.17. The molecule has 0 aromatic heterocycles. The number of urea groups is 1. The summed E-state index contributed by atoms with van der Waals surface area (Å²) < 4.78 is 34.7. The minimum absolute atomic E-state index is 0.0613. The van der Waals surface area contributed by atoms with Crippen molar-refractivity contribution >= 4 is 28.4 Å². The van der Waals surface area contributed by atoms with Gasteiger partial charge in [-0.1, -0.05) is 6.92 Å². The van der Waals surface area contributed by atoms with E-state index in [2.05, 4.69) is 15.1 Å². The van der Waals surface area contributed by atoms with Crippen molar-refractivity contribution in [3.05, 3.63) is 0 Å². The van der Waals surface area contributed by atoms with Crippen LogP contribution in [0.4, 0.5) is 9.59 Å². The molecule has 2 aliphatic rings. The van der Waals surface area contributed by atoms with Crippen LogP contribution in [0, 0.1) is 0 Å². The van der Waals surface area contributed by atoms with Crippen molar-refractivity contribution in [2.24, 2.45) is 0 Å². The van der Waals surface area contributed by atoms with Crippen molar-refractivity contribution in [1.29, 1.82) is 0 Å². The summed E-state index contributed by atoms with van der Waals surface area (Å²) in [5.74, 6) is -0.588. The predicted octanol–water partition coefficient (Wildman–Crippen LogP) is -0.526. The zero-order valence-electron chi connectivity index (χ0n) is 14.5. The van der Waals surface area contributed by atoms with Crippen LogP contribution in [0.5, 0.6) is 0 Å². The van der Waals surface area contributed by atoms with Gasteiger partial charge in [-0.15, -0.1) is 4.28 Å². The zero-order chi connectivity index (χ0) is 20.2. The molecule has 154 valence electrons. The van der Waals surface area contributed by atoms with E-state index in [1.807, 2.05) is 0 Å². The van der Waals surface area contributed by atoms with Gasteiger partial charge in [0.2, 0.25) is 0 Å². The highest BCUT2D eigenvalue weighted by Gasteiger charge is 2.49. The average molecular weight is 410 g/mol. The van der Waals surface area contributed by atoms with E-state index < -0.39 is 40.5 Å². The summed E-state index contributed by atoms with van der Waals surface area (Å²) in [5.41, 5.74) is 2.22. The lowest BCUT2D eigenvalue weighted by molar-refractivity contribution is -0.139. The minimum atomic E-state index is -4.85. The Bertz CT molecular complexity index is 685. The molecule has 3 atom stereocenters. The maximum atomic E-state index is 12.2. The standard InChI is InChI=1S/C13H22N4O9S/c1-2-8(14-12(19)20)5-6-25-15-11(18)10-4-3-9-7-16(10)13(21)17(9)26-27(22,23)24/h8-10,14H,2-7H2,1H3,(H,15,18)(H,19,20)(H,22,23,24)/t8?,9-,10+/m1/s1. The van der Waals surface area contributed by atoms with Crippen LogP contribution in [0.3, 0.4) is 0 Å². The summed E-state index contributed by atoms with van der Waals surface area (Å²) in [6.45, 7) is 1.94. The molecule has 2 bridgehead atoms. The molecule has 0 spiro atoms. The first-order valence-corrected chi connectivity index (χ1v) is 9.66. The van der Waals surface area contributed by atoms with Crippen molar-refractivity contribution in [3.8, 4) is 0 Å². The van der Waals surface area contributed by atoms with Gasteiger partial charge in [-0.2, -0.15) is 13.5 Å². The monoisotopic (exact) mass is 410 g/mol. The number of hydroxylamine groups is 3. The van der Waals surface area contributed by atoms with Crippen molar-refractivity contribution in [2.75, 3.05) is 13.2 Å². The summed E-state index contributed by atoms with van der Waals surface area (Å²) in [6.07, 6.45) is 0.311. The van der Waals surface area contributed by atoms with E-state index in [1.54, 1.807) is 6.92 Å². The van der Waals surface area contributed by atoms with Crippen molar-refractivity contribution in [2.45, 2.75) is 50.7 Å². The highest BCUT2D eigenvalue weighted by molar-refractivity contribution is 7.80. The third-order valence-electron chi connectivity index (χ3n) is 4.36. The number of nitrogens with zero attached hydrogens (tertiary/aromatic N) is 2. The highest BCUT2D eigenvalue weighted by atomic mass is 32.3. The number of carbonyl (C=O) groups excluding carboxylic acids is 2. The summed E-state index contributed by atoms with van der Waals surface area (Å²) in [6, 6.07) is -2.62. The lowest BCUT2D eigenvalue weighted by atomic mass is 10.0. The Hall–Kier alpha value is -2.16. The van der Waals surface area contributed by atoms with E-state index >= 15 is 0 Å². The summed E-state index contributed by atoms with van der Waals surface area (Å²) in [4.78, 5) is 41.3. The maximum absolute atomic E-state index is 12.2. The molecule has 2 aliphatic heterocycles. The van der Waals surface area contributed by atoms with Crippen molar-refractivity contribution < 1.29 is 41.6 Å². The molecule has 4 N–H and O–H groups in total. The van der Waals surface area contributed by atoms with E-state index in [0.717, 1.165) is 4.90 Å². The molecule has 2 heterocycles. The van der Waals surface area contributed by atoms with E-state index in [-0.39, 0.29) is 25.6 Å². The van der Waals surface area contributed by atoms with Gasteiger partial charge < -0.3 is 15.3 Å². The molecule has 0 aliphatic carbocycles. The number of hydrogen-bond donors (Lipinski definition) is 4. The Balaban J connectivity index is 1.82.